The van der Waals surface area contributed by atoms with Crippen LogP contribution < -0.4 is 14.8 Å². The molecule has 0 saturated carbocycles. The molecule has 1 rings (SSSR count). The van der Waals surface area contributed by atoms with Gasteiger partial charge < -0.3 is 10.1 Å². The lowest BCUT2D eigenvalue weighted by molar-refractivity contribution is 0.414. The van der Waals surface area contributed by atoms with Gasteiger partial charge in [-0.15, -0.1) is 12.4 Å². The van der Waals surface area contributed by atoms with Crippen LogP contribution in [0.1, 0.15) is 12.5 Å². The molecule has 5 nitrogen and oxygen atoms in total. The van der Waals surface area contributed by atoms with Crippen molar-refractivity contribution in [3.8, 4) is 5.75 Å². The Balaban J connectivity index is 0.00000324. The van der Waals surface area contributed by atoms with Crippen LogP contribution >= 0.6 is 12.4 Å². The SMILES string of the molecule is CNC(C)CNS(=O)(=O)c1ccc(OC)cc1C.Cl. The number of benzene rings is 1. The van der Waals surface area contributed by atoms with E-state index in [0.29, 0.717) is 17.9 Å². The molecule has 0 fully saturated rings. The molecule has 0 aromatic heterocycles. The van der Waals surface area contributed by atoms with E-state index >= 15 is 0 Å². The Morgan fingerprint density at radius 1 is 1.37 bits per heavy atom. The monoisotopic (exact) mass is 308 g/mol. The van der Waals surface area contributed by atoms with Crippen molar-refractivity contribution in [2.45, 2.75) is 24.8 Å². The van der Waals surface area contributed by atoms with E-state index in [4.69, 9.17) is 4.74 Å². The highest BCUT2D eigenvalue weighted by Crippen LogP contribution is 2.20. The molecule has 0 heterocycles. The van der Waals surface area contributed by atoms with E-state index in [1.165, 1.54) is 0 Å². The van der Waals surface area contributed by atoms with Crippen LogP contribution in [0.3, 0.4) is 0 Å². The lowest BCUT2D eigenvalue weighted by Gasteiger charge is -2.13. The van der Waals surface area contributed by atoms with Gasteiger partial charge in [0.05, 0.1) is 12.0 Å². The molecule has 0 spiro atoms. The summed E-state index contributed by atoms with van der Waals surface area (Å²) in [5.41, 5.74) is 0.666. The Morgan fingerprint density at radius 2 is 2.00 bits per heavy atom. The van der Waals surface area contributed by atoms with E-state index in [2.05, 4.69) is 10.0 Å². The zero-order valence-corrected chi connectivity index (χ0v) is 13.2. The van der Waals surface area contributed by atoms with Crippen LogP contribution in [0.25, 0.3) is 0 Å². The summed E-state index contributed by atoms with van der Waals surface area (Å²) < 4.78 is 31.8. The van der Waals surface area contributed by atoms with Crippen LogP contribution in [-0.4, -0.2) is 35.2 Å². The Hall–Kier alpha value is -0.820. The van der Waals surface area contributed by atoms with Crippen molar-refractivity contribution in [2.75, 3.05) is 20.7 Å². The first kappa shape index (κ1) is 18.2. The normalized spacial score (nSPS) is 12.6. The molecule has 0 amide bonds. The Bertz CT molecular complexity index is 506. The van der Waals surface area contributed by atoms with Crippen LogP contribution in [0.15, 0.2) is 23.1 Å². The highest BCUT2D eigenvalue weighted by molar-refractivity contribution is 7.89. The highest BCUT2D eigenvalue weighted by atomic mass is 35.5. The molecule has 1 aromatic carbocycles. The summed E-state index contributed by atoms with van der Waals surface area (Å²) in [4.78, 5) is 0.284. The maximum absolute atomic E-state index is 12.1. The molecule has 0 aliphatic rings. The van der Waals surface area contributed by atoms with Crippen LogP contribution in [0.5, 0.6) is 5.75 Å². The van der Waals surface area contributed by atoms with E-state index in [9.17, 15) is 8.42 Å². The minimum absolute atomic E-state index is 0. The molecule has 0 saturated heterocycles. The van der Waals surface area contributed by atoms with E-state index in [1.54, 1.807) is 39.3 Å². The third-order valence-electron chi connectivity index (χ3n) is 2.74. The minimum atomic E-state index is -3.47. The molecule has 0 bridgehead atoms. The molecule has 1 atom stereocenters. The number of hydrogen-bond acceptors (Lipinski definition) is 4. The average Bonchev–Trinajstić information content (AvgIpc) is 2.35. The number of likely N-dealkylation sites (N-methyl/N-ethyl adjacent to an activating group) is 1. The number of rotatable bonds is 6. The molecule has 0 aliphatic carbocycles. The molecular weight excluding hydrogens is 288 g/mol. The van der Waals surface area contributed by atoms with Crippen molar-refractivity contribution in [3.05, 3.63) is 23.8 Å². The molecule has 0 radical (unpaired) electrons. The molecule has 2 N–H and O–H groups in total. The highest BCUT2D eigenvalue weighted by Gasteiger charge is 2.17. The van der Waals surface area contributed by atoms with Crippen molar-refractivity contribution in [1.82, 2.24) is 10.0 Å². The molecule has 1 unspecified atom stereocenters. The van der Waals surface area contributed by atoms with E-state index in [1.807, 2.05) is 6.92 Å². The maximum Gasteiger partial charge on any atom is 0.240 e. The van der Waals surface area contributed by atoms with Gasteiger partial charge in [0, 0.05) is 12.6 Å². The number of aryl methyl sites for hydroxylation is 1. The summed E-state index contributed by atoms with van der Waals surface area (Å²) in [6.45, 7) is 4.01. The molecule has 7 heteroatoms. The van der Waals surface area contributed by atoms with Gasteiger partial charge in [-0.2, -0.15) is 0 Å². The summed E-state index contributed by atoms with van der Waals surface area (Å²) in [6.07, 6.45) is 0. The predicted octanol–water partition coefficient (Wildman–Crippen LogP) is 1.31. The largest absolute Gasteiger partial charge is 0.497 e. The number of ether oxygens (including phenoxy) is 1. The lowest BCUT2D eigenvalue weighted by atomic mass is 10.2. The zero-order chi connectivity index (χ0) is 13.8. The van der Waals surface area contributed by atoms with Crippen molar-refractivity contribution in [2.24, 2.45) is 0 Å². The molecule has 1 aromatic rings. The first-order valence-electron chi connectivity index (χ1n) is 5.72. The van der Waals surface area contributed by atoms with Crippen LogP contribution in [0.2, 0.25) is 0 Å². The Morgan fingerprint density at radius 3 is 2.47 bits per heavy atom. The summed E-state index contributed by atoms with van der Waals surface area (Å²) in [5, 5.41) is 2.97. The van der Waals surface area contributed by atoms with Gasteiger partial charge in [0.25, 0.3) is 0 Å². The average molecular weight is 309 g/mol. The van der Waals surface area contributed by atoms with Gasteiger partial charge in [-0.3, -0.25) is 0 Å². The quantitative estimate of drug-likeness (QED) is 0.831. The van der Waals surface area contributed by atoms with E-state index in [-0.39, 0.29) is 23.3 Å². The van der Waals surface area contributed by atoms with Gasteiger partial charge in [-0.05, 0) is 44.7 Å². The first-order valence-corrected chi connectivity index (χ1v) is 7.20. The second kappa shape index (κ2) is 7.69. The van der Waals surface area contributed by atoms with Gasteiger partial charge in [-0.1, -0.05) is 0 Å². The summed E-state index contributed by atoms with van der Waals surface area (Å²) >= 11 is 0. The van der Waals surface area contributed by atoms with Gasteiger partial charge in [-0.25, -0.2) is 13.1 Å². The van der Waals surface area contributed by atoms with E-state index < -0.39 is 10.0 Å². The van der Waals surface area contributed by atoms with Crippen LogP contribution in [-0.2, 0) is 10.0 Å². The fraction of sp³-hybridized carbons (Fsp3) is 0.500. The number of nitrogens with one attached hydrogen (secondary N) is 2. The fourth-order valence-corrected chi connectivity index (χ4v) is 2.82. The first-order chi connectivity index (χ1) is 8.40. The van der Waals surface area contributed by atoms with Crippen LogP contribution in [0, 0.1) is 6.92 Å². The third kappa shape index (κ3) is 4.99. The third-order valence-corrected chi connectivity index (χ3v) is 4.33. The number of halogens is 1. The Labute approximate surface area is 121 Å². The second-order valence-corrected chi connectivity index (χ2v) is 5.91. The summed E-state index contributed by atoms with van der Waals surface area (Å²) in [5.74, 6) is 0.648. The van der Waals surface area contributed by atoms with Crippen molar-refractivity contribution in [3.63, 3.8) is 0 Å². The van der Waals surface area contributed by atoms with Gasteiger partial charge >= 0.3 is 0 Å². The second-order valence-electron chi connectivity index (χ2n) is 4.17. The fourth-order valence-electron chi connectivity index (χ4n) is 1.46. The molecule has 0 aliphatic heterocycles. The summed E-state index contributed by atoms with van der Waals surface area (Å²) in [6, 6.07) is 4.98. The number of hydrogen-bond donors (Lipinski definition) is 2. The maximum atomic E-state index is 12.1. The van der Waals surface area contributed by atoms with Gasteiger partial charge in [0.1, 0.15) is 5.75 Å². The van der Waals surface area contributed by atoms with Crippen molar-refractivity contribution < 1.29 is 13.2 Å². The standard InChI is InChI=1S/C12H20N2O3S.ClH/c1-9-7-11(17-4)5-6-12(9)18(15,16)14-8-10(2)13-3;/h5-7,10,13-14H,8H2,1-4H3;1H. The zero-order valence-electron chi connectivity index (χ0n) is 11.6. The number of methoxy groups -OCH3 is 1. The van der Waals surface area contributed by atoms with Crippen molar-refractivity contribution in [1.29, 1.82) is 0 Å². The van der Waals surface area contributed by atoms with E-state index in [0.717, 1.165) is 0 Å². The van der Waals surface area contributed by atoms with Crippen LogP contribution in [0.4, 0.5) is 0 Å². The van der Waals surface area contributed by atoms with Gasteiger partial charge in [0.2, 0.25) is 10.0 Å². The molecule has 110 valence electrons. The smallest absolute Gasteiger partial charge is 0.240 e. The molecular formula is C12H21ClN2O3S. The topological polar surface area (TPSA) is 67.4 Å². The lowest BCUT2D eigenvalue weighted by Crippen LogP contribution is -2.37. The summed E-state index contributed by atoms with van der Waals surface area (Å²) in [7, 11) is -0.126. The Kier molecular flexibility index (Phi) is 7.36. The predicted molar refractivity (Wildman–Crippen MR) is 78.7 cm³/mol. The van der Waals surface area contributed by atoms with Gasteiger partial charge in [0.15, 0.2) is 0 Å². The van der Waals surface area contributed by atoms with Crippen molar-refractivity contribution >= 4 is 22.4 Å². The number of sulfonamides is 1. The molecule has 19 heavy (non-hydrogen) atoms. The minimum Gasteiger partial charge on any atom is -0.497 e.